The maximum absolute atomic E-state index is 13.2. The second-order valence-electron chi connectivity index (χ2n) is 7.77. The van der Waals surface area contributed by atoms with Crippen LogP contribution < -0.4 is 4.74 Å². The highest BCUT2D eigenvalue weighted by Gasteiger charge is 2.30. The van der Waals surface area contributed by atoms with Crippen LogP contribution in [0.15, 0.2) is 83.8 Å². The fourth-order valence-corrected chi connectivity index (χ4v) is 5.12. The first kappa shape index (κ1) is 22.0. The standard InChI is InChI=1S/C25H26N2O4S/c1-20-11-13-23(14-12-20)32(29,30)27-17-15-26(16-18-27)25(28)24-10-6-5-7-21(24)19-31-22-8-3-2-4-9-22/h2-14H,15-19H2,1H3. The lowest BCUT2D eigenvalue weighted by atomic mass is 10.1. The quantitative estimate of drug-likeness (QED) is 0.574. The lowest BCUT2D eigenvalue weighted by Crippen LogP contribution is -2.50. The van der Waals surface area contributed by atoms with Crippen LogP contribution in [0.4, 0.5) is 0 Å². The molecule has 0 atom stereocenters. The summed E-state index contributed by atoms with van der Waals surface area (Å²) in [6, 6.07) is 23.7. The second kappa shape index (κ2) is 9.54. The summed E-state index contributed by atoms with van der Waals surface area (Å²) in [6.45, 7) is 3.43. The van der Waals surface area contributed by atoms with Gasteiger partial charge in [-0.15, -0.1) is 0 Å². The Kier molecular flexibility index (Phi) is 6.58. The molecule has 0 saturated carbocycles. The van der Waals surface area contributed by atoms with Crippen LogP contribution in [0.3, 0.4) is 0 Å². The van der Waals surface area contributed by atoms with Gasteiger partial charge >= 0.3 is 0 Å². The molecule has 1 fully saturated rings. The van der Waals surface area contributed by atoms with Gasteiger partial charge in [-0.25, -0.2) is 8.42 Å². The maximum Gasteiger partial charge on any atom is 0.254 e. The molecular weight excluding hydrogens is 424 g/mol. The van der Waals surface area contributed by atoms with Gasteiger partial charge in [0.1, 0.15) is 12.4 Å². The molecule has 1 saturated heterocycles. The number of benzene rings is 3. The van der Waals surface area contributed by atoms with Gasteiger partial charge in [0, 0.05) is 37.3 Å². The molecule has 3 aromatic rings. The van der Waals surface area contributed by atoms with Crippen LogP contribution in [-0.2, 0) is 16.6 Å². The maximum atomic E-state index is 13.2. The normalized spacial score (nSPS) is 14.8. The Morgan fingerprint density at radius 2 is 1.47 bits per heavy atom. The number of carbonyl (C=O) groups excluding carboxylic acids is 1. The van der Waals surface area contributed by atoms with Crippen LogP contribution in [0.2, 0.25) is 0 Å². The first-order valence-electron chi connectivity index (χ1n) is 10.6. The molecule has 166 valence electrons. The molecule has 1 amide bonds. The highest BCUT2D eigenvalue weighted by Crippen LogP contribution is 2.21. The predicted molar refractivity (Wildman–Crippen MR) is 123 cm³/mol. The zero-order valence-electron chi connectivity index (χ0n) is 18.0. The molecule has 0 radical (unpaired) electrons. The summed E-state index contributed by atoms with van der Waals surface area (Å²) in [7, 11) is -3.56. The van der Waals surface area contributed by atoms with Crippen molar-refractivity contribution in [1.29, 1.82) is 0 Å². The van der Waals surface area contributed by atoms with Crippen molar-refractivity contribution in [2.75, 3.05) is 26.2 Å². The molecule has 4 rings (SSSR count). The number of amides is 1. The lowest BCUT2D eigenvalue weighted by molar-refractivity contribution is 0.0695. The van der Waals surface area contributed by atoms with E-state index in [2.05, 4.69) is 0 Å². The van der Waals surface area contributed by atoms with E-state index in [-0.39, 0.29) is 30.5 Å². The van der Waals surface area contributed by atoms with Crippen molar-refractivity contribution in [3.05, 3.63) is 95.6 Å². The topological polar surface area (TPSA) is 66.9 Å². The van der Waals surface area contributed by atoms with E-state index in [0.717, 1.165) is 16.9 Å². The number of sulfonamides is 1. The summed E-state index contributed by atoms with van der Waals surface area (Å²) in [6.07, 6.45) is 0. The number of hydrogen-bond acceptors (Lipinski definition) is 4. The molecule has 0 aliphatic carbocycles. The number of piperazine rings is 1. The molecule has 3 aromatic carbocycles. The summed E-state index contributed by atoms with van der Waals surface area (Å²) in [4.78, 5) is 15.2. The van der Waals surface area contributed by atoms with Gasteiger partial charge in [-0.3, -0.25) is 4.79 Å². The zero-order chi connectivity index (χ0) is 22.6. The Morgan fingerprint density at radius 3 is 2.16 bits per heavy atom. The summed E-state index contributed by atoms with van der Waals surface area (Å²) in [5, 5.41) is 0. The van der Waals surface area contributed by atoms with Gasteiger partial charge in [-0.2, -0.15) is 4.31 Å². The molecule has 0 aromatic heterocycles. The first-order valence-corrected chi connectivity index (χ1v) is 12.0. The largest absolute Gasteiger partial charge is 0.489 e. The number of ether oxygens (including phenoxy) is 1. The van der Waals surface area contributed by atoms with Crippen molar-refractivity contribution in [3.63, 3.8) is 0 Å². The molecule has 0 unspecified atom stereocenters. The number of aryl methyl sites for hydroxylation is 1. The van der Waals surface area contributed by atoms with E-state index >= 15 is 0 Å². The summed E-state index contributed by atoms with van der Waals surface area (Å²) >= 11 is 0. The smallest absolute Gasteiger partial charge is 0.254 e. The van der Waals surface area contributed by atoms with Gasteiger partial charge in [-0.05, 0) is 37.3 Å². The second-order valence-corrected chi connectivity index (χ2v) is 9.71. The Labute approximate surface area is 189 Å². The van der Waals surface area contributed by atoms with Gasteiger partial charge in [0.25, 0.3) is 5.91 Å². The Bertz CT molecular complexity index is 1170. The third-order valence-corrected chi connectivity index (χ3v) is 7.48. The van der Waals surface area contributed by atoms with Crippen LogP contribution in [0.5, 0.6) is 5.75 Å². The molecular formula is C25H26N2O4S. The fourth-order valence-electron chi connectivity index (χ4n) is 3.69. The molecule has 32 heavy (non-hydrogen) atoms. The molecule has 1 heterocycles. The van der Waals surface area contributed by atoms with E-state index in [4.69, 9.17) is 4.74 Å². The van der Waals surface area contributed by atoms with E-state index in [1.54, 1.807) is 35.2 Å². The summed E-state index contributed by atoms with van der Waals surface area (Å²) in [5.41, 5.74) is 2.39. The van der Waals surface area contributed by atoms with Gasteiger partial charge in [0.05, 0.1) is 4.90 Å². The lowest BCUT2D eigenvalue weighted by Gasteiger charge is -2.34. The Hall–Kier alpha value is -3.16. The van der Waals surface area contributed by atoms with Gasteiger partial charge < -0.3 is 9.64 Å². The van der Waals surface area contributed by atoms with Crippen molar-refractivity contribution in [2.24, 2.45) is 0 Å². The average molecular weight is 451 g/mol. The van der Waals surface area contributed by atoms with E-state index in [9.17, 15) is 13.2 Å². The van der Waals surface area contributed by atoms with Crippen molar-refractivity contribution >= 4 is 15.9 Å². The van der Waals surface area contributed by atoms with Crippen LogP contribution in [0, 0.1) is 6.92 Å². The Morgan fingerprint density at radius 1 is 0.844 bits per heavy atom. The van der Waals surface area contributed by atoms with Crippen molar-refractivity contribution in [1.82, 2.24) is 9.21 Å². The minimum absolute atomic E-state index is 0.107. The van der Waals surface area contributed by atoms with Crippen LogP contribution in [0.25, 0.3) is 0 Å². The van der Waals surface area contributed by atoms with E-state index in [1.165, 1.54) is 4.31 Å². The minimum atomic E-state index is -3.56. The molecule has 1 aliphatic rings. The van der Waals surface area contributed by atoms with Crippen LogP contribution >= 0.6 is 0 Å². The van der Waals surface area contributed by atoms with Gasteiger partial charge in [0.15, 0.2) is 0 Å². The third-order valence-electron chi connectivity index (χ3n) is 5.57. The summed E-state index contributed by atoms with van der Waals surface area (Å²) < 4.78 is 33.1. The van der Waals surface area contributed by atoms with Gasteiger partial charge in [0.2, 0.25) is 10.0 Å². The predicted octanol–water partition coefficient (Wildman–Crippen LogP) is 3.72. The first-order chi connectivity index (χ1) is 15.4. The van der Waals surface area contributed by atoms with Gasteiger partial charge in [-0.1, -0.05) is 54.1 Å². The number of para-hydroxylation sites is 1. The number of hydrogen-bond donors (Lipinski definition) is 0. The monoisotopic (exact) mass is 450 g/mol. The highest BCUT2D eigenvalue weighted by molar-refractivity contribution is 7.89. The zero-order valence-corrected chi connectivity index (χ0v) is 18.8. The number of nitrogens with zero attached hydrogens (tertiary/aromatic N) is 2. The van der Waals surface area contributed by atoms with Crippen molar-refractivity contribution in [2.45, 2.75) is 18.4 Å². The van der Waals surface area contributed by atoms with E-state index in [0.29, 0.717) is 18.7 Å². The van der Waals surface area contributed by atoms with Crippen molar-refractivity contribution in [3.8, 4) is 5.75 Å². The molecule has 0 N–H and O–H groups in total. The van der Waals surface area contributed by atoms with E-state index < -0.39 is 10.0 Å². The number of carbonyl (C=O) groups is 1. The van der Waals surface area contributed by atoms with Crippen LogP contribution in [0.1, 0.15) is 21.5 Å². The van der Waals surface area contributed by atoms with Crippen LogP contribution in [-0.4, -0.2) is 49.7 Å². The van der Waals surface area contributed by atoms with Crippen molar-refractivity contribution < 1.29 is 17.9 Å². The minimum Gasteiger partial charge on any atom is -0.489 e. The molecule has 7 heteroatoms. The molecule has 1 aliphatic heterocycles. The Balaban J connectivity index is 1.42. The van der Waals surface area contributed by atoms with E-state index in [1.807, 2.05) is 55.5 Å². The SMILES string of the molecule is Cc1ccc(S(=O)(=O)N2CCN(C(=O)c3ccccc3COc3ccccc3)CC2)cc1. The number of rotatable bonds is 6. The summed E-state index contributed by atoms with van der Waals surface area (Å²) in [5.74, 6) is 0.634. The fraction of sp³-hybridized carbons (Fsp3) is 0.240. The average Bonchev–Trinajstić information content (AvgIpc) is 2.83. The molecule has 6 nitrogen and oxygen atoms in total. The molecule has 0 bridgehead atoms. The highest BCUT2D eigenvalue weighted by atomic mass is 32.2. The third kappa shape index (κ3) is 4.84. The molecule has 0 spiro atoms.